The summed E-state index contributed by atoms with van der Waals surface area (Å²) in [5.41, 5.74) is 0. The second kappa shape index (κ2) is 8.37. The van der Waals surface area contributed by atoms with Gasteiger partial charge in [0.15, 0.2) is 11.8 Å². The number of nitrogens with one attached hydrogen (secondary N) is 1. The minimum Gasteiger partial charge on any atom is -0.349 e. The van der Waals surface area contributed by atoms with Crippen LogP contribution in [0.4, 0.5) is 0 Å². The van der Waals surface area contributed by atoms with Crippen LogP contribution >= 0.6 is 0 Å². The van der Waals surface area contributed by atoms with Gasteiger partial charge in [0, 0.05) is 39.1 Å². The topological polar surface area (TPSA) is 61.6 Å². The quantitative estimate of drug-likeness (QED) is 0.657. The standard InChI is InChI=1S/C19H33N7/c1-20-19(25-13-9-16(15-25)24-10-5-3-6-11-24)21-14-18-23-22-17-8-4-2-7-12-26(17)18/h16H,2-15H2,1H3,(H,20,21). The predicted molar refractivity (Wildman–Crippen MR) is 103 cm³/mol. The summed E-state index contributed by atoms with van der Waals surface area (Å²) in [4.78, 5) is 9.64. The summed E-state index contributed by atoms with van der Waals surface area (Å²) in [6.45, 7) is 6.51. The van der Waals surface area contributed by atoms with E-state index >= 15 is 0 Å². The molecular formula is C19H33N7. The van der Waals surface area contributed by atoms with Crippen molar-refractivity contribution in [3.63, 3.8) is 0 Å². The Balaban J connectivity index is 1.33. The molecule has 0 radical (unpaired) electrons. The van der Waals surface area contributed by atoms with Crippen molar-refractivity contribution in [2.24, 2.45) is 4.99 Å². The molecule has 0 aliphatic carbocycles. The highest BCUT2D eigenvalue weighted by Gasteiger charge is 2.30. The number of fused-ring (bicyclic) bond motifs is 1. The third kappa shape index (κ3) is 3.87. The van der Waals surface area contributed by atoms with E-state index in [2.05, 4.69) is 34.9 Å². The molecule has 144 valence electrons. The molecule has 3 aliphatic rings. The van der Waals surface area contributed by atoms with Gasteiger partial charge < -0.3 is 14.8 Å². The number of rotatable bonds is 3. The predicted octanol–water partition coefficient (Wildman–Crippen LogP) is 1.64. The molecule has 1 unspecified atom stereocenters. The van der Waals surface area contributed by atoms with Crippen LogP contribution < -0.4 is 5.32 Å². The van der Waals surface area contributed by atoms with Crippen molar-refractivity contribution >= 4 is 5.96 Å². The lowest BCUT2D eigenvalue weighted by molar-refractivity contribution is 0.168. The summed E-state index contributed by atoms with van der Waals surface area (Å²) in [6.07, 6.45) is 10.2. The van der Waals surface area contributed by atoms with Gasteiger partial charge in [0.05, 0.1) is 6.54 Å². The van der Waals surface area contributed by atoms with Crippen molar-refractivity contribution in [2.45, 2.75) is 70.5 Å². The molecule has 0 spiro atoms. The van der Waals surface area contributed by atoms with Gasteiger partial charge in [-0.15, -0.1) is 10.2 Å². The first kappa shape index (κ1) is 17.8. The molecule has 26 heavy (non-hydrogen) atoms. The molecule has 4 rings (SSSR count). The van der Waals surface area contributed by atoms with Crippen LogP contribution in [0, 0.1) is 0 Å². The first-order chi connectivity index (χ1) is 12.8. The number of hydrogen-bond donors (Lipinski definition) is 1. The van der Waals surface area contributed by atoms with Gasteiger partial charge in [0.1, 0.15) is 5.82 Å². The highest BCUT2D eigenvalue weighted by atomic mass is 15.4. The molecule has 1 atom stereocenters. The highest BCUT2D eigenvalue weighted by Crippen LogP contribution is 2.20. The molecule has 0 amide bonds. The molecule has 7 heteroatoms. The van der Waals surface area contributed by atoms with E-state index in [0.717, 1.165) is 43.7 Å². The van der Waals surface area contributed by atoms with Crippen molar-refractivity contribution in [3.8, 4) is 0 Å². The second-order valence-corrected chi connectivity index (χ2v) is 7.88. The van der Waals surface area contributed by atoms with Crippen molar-refractivity contribution in [3.05, 3.63) is 11.6 Å². The van der Waals surface area contributed by atoms with Crippen LogP contribution in [-0.4, -0.2) is 69.8 Å². The molecule has 4 heterocycles. The highest BCUT2D eigenvalue weighted by molar-refractivity contribution is 5.80. The lowest BCUT2D eigenvalue weighted by Gasteiger charge is -2.32. The van der Waals surface area contributed by atoms with Crippen LogP contribution in [0.15, 0.2) is 4.99 Å². The summed E-state index contributed by atoms with van der Waals surface area (Å²) in [5.74, 6) is 3.21. The maximum absolute atomic E-state index is 4.54. The van der Waals surface area contributed by atoms with Gasteiger partial charge in [-0.05, 0) is 45.2 Å². The summed E-state index contributed by atoms with van der Waals surface area (Å²) in [5, 5.41) is 12.4. The summed E-state index contributed by atoms with van der Waals surface area (Å²) in [6, 6.07) is 0.693. The Hall–Kier alpha value is -1.63. The van der Waals surface area contributed by atoms with E-state index in [1.807, 2.05) is 7.05 Å². The Morgan fingerprint density at radius 1 is 1.04 bits per heavy atom. The van der Waals surface area contributed by atoms with Gasteiger partial charge in [-0.2, -0.15) is 0 Å². The zero-order valence-electron chi connectivity index (χ0n) is 16.2. The molecule has 2 fully saturated rings. The van der Waals surface area contributed by atoms with E-state index in [1.54, 1.807) is 0 Å². The fourth-order valence-electron chi connectivity index (χ4n) is 4.68. The van der Waals surface area contributed by atoms with E-state index in [4.69, 9.17) is 0 Å². The van der Waals surface area contributed by atoms with Gasteiger partial charge in [0.2, 0.25) is 0 Å². The molecule has 3 aliphatic heterocycles. The SMILES string of the molecule is CN=C(NCc1nnc2n1CCCCC2)N1CCC(N2CCCCC2)C1. The van der Waals surface area contributed by atoms with Crippen molar-refractivity contribution in [1.29, 1.82) is 0 Å². The first-order valence-electron chi connectivity index (χ1n) is 10.5. The van der Waals surface area contributed by atoms with Crippen LogP contribution in [0.1, 0.15) is 56.6 Å². The average Bonchev–Trinajstić information content (AvgIpc) is 3.25. The maximum atomic E-state index is 4.54. The lowest BCUT2D eigenvalue weighted by Crippen LogP contribution is -2.44. The largest absolute Gasteiger partial charge is 0.349 e. The van der Waals surface area contributed by atoms with Crippen molar-refractivity contribution < 1.29 is 0 Å². The number of hydrogen-bond acceptors (Lipinski definition) is 4. The number of guanidine groups is 1. The number of likely N-dealkylation sites (tertiary alicyclic amines) is 2. The molecular weight excluding hydrogens is 326 g/mol. The zero-order chi connectivity index (χ0) is 17.8. The summed E-state index contributed by atoms with van der Waals surface area (Å²) in [7, 11) is 1.89. The number of aliphatic imine (C=N–C) groups is 1. The average molecular weight is 360 g/mol. The minimum absolute atomic E-state index is 0.693. The van der Waals surface area contributed by atoms with Crippen LogP contribution in [0.3, 0.4) is 0 Å². The van der Waals surface area contributed by atoms with Crippen LogP contribution in [0.2, 0.25) is 0 Å². The van der Waals surface area contributed by atoms with E-state index in [0.29, 0.717) is 12.6 Å². The Morgan fingerprint density at radius 2 is 1.85 bits per heavy atom. The normalized spacial score (nSPS) is 25.2. The number of aromatic nitrogens is 3. The molecule has 1 aromatic rings. The minimum atomic E-state index is 0.693. The molecule has 1 aromatic heterocycles. The van der Waals surface area contributed by atoms with Gasteiger partial charge in [0.25, 0.3) is 0 Å². The Kier molecular flexibility index (Phi) is 5.72. The van der Waals surface area contributed by atoms with E-state index in [9.17, 15) is 0 Å². The van der Waals surface area contributed by atoms with Gasteiger partial charge in [-0.25, -0.2) is 0 Å². The van der Waals surface area contributed by atoms with Crippen molar-refractivity contribution in [2.75, 3.05) is 33.2 Å². The molecule has 2 saturated heterocycles. The molecule has 1 N–H and O–H groups in total. The van der Waals surface area contributed by atoms with Crippen molar-refractivity contribution in [1.82, 2.24) is 29.9 Å². The maximum Gasteiger partial charge on any atom is 0.194 e. The fourth-order valence-corrected chi connectivity index (χ4v) is 4.68. The fraction of sp³-hybridized carbons (Fsp3) is 0.842. The van der Waals surface area contributed by atoms with Crippen LogP contribution in [0.5, 0.6) is 0 Å². The Morgan fingerprint density at radius 3 is 2.69 bits per heavy atom. The number of nitrogens with zero attached hydrogens (tertiary/aromatic N) is 6. The first-order valence-corrected chi connectivity index (χ1v) is 10.5. The number of piperidine rings is 1. The number of aryl methyl sites for hydroxylation is 1. The van der Waals surface area contributed by atoms with Gasteiger partial charge in [-0.1, -0.05) is 12.8 Å². The van der Waals surface area contributed by atoms with E-state index in [-0.39, 0.29) is 0 Å². The second-order valence-electron chi connectivity index (χ2n) is 7.88. The molecule has 7 nitrogen and oxygen atoms in total. The van der Waals surface area contributed by atoms with Gasteiger partial charge >= 0.3 is 0 Å². The lowest BCUT2D eigenvalue weighted by atomic mass is 10.1. The summed E-state index contributed by atoms with van der Waals surface area (Å²) < 4.78 is 2.31. The molecule has 0 bridgehead atoms. The Labute approximate surface area is 156 Å². The summed E-state index contributed by atoms with van der Waals surface area (Å²) >= 11 is 0. The zero-order valence-corrected chi connectivity index (χ0v) is 16.2. The molecule has 0 saturated carbocycles. The third-order valence-corrected chi connectivity index (χ3v) is 6.17. The Bertz CT molecular complexity index is 617. The monoisotopic (exact) mass is 359 g/mol. The van der Waals surface area contributed by atoms with Crippen LogP contribution in [-0.2, 0) is 19.5 Å². The van der Waals surface area contributed by atoms with Crippen LogP contribution in [0.25, 0.3) is 0 Å². The third-order valence-electron chi connectivity index (χ3n) is 6.17. The van der Waals surface area contributed by atoms with E-state index < -0.39 is 0 Å². The van der Waals surface area contributed by atoms with E-state index in [1.165, 1.54) is 58.0 Å². The van der Waals surface area contributed by atoms with Gasteiger partial charge in [-0.3, -0.25) is 9.89 Å². The smallest absolute Gasteiger partial charge is 0.194 e. The molecule has 0 aromatic carbocycles.